The highest BCUT2D eigenvalue weighted by molar-refractivity contribution is 5.77. The van der Waals surface area contributed by atoms with Crippen molar-refractivity contribution in [3.8, 4) is 0 Å². The fourth-order valence-corrected chi connectivity index (χ4v) is 1.27. The van der Waals surface area contributed by atoms with Gasteiger partial charge in [0.2, 0.25) is 0 Å². The Kier molecular flexibility index (Phi) is 4.32. The van der Waals surface area contributed by atoms with Crippen molar-refractivity contribution in [1.82, 2.24) is 0 Å². The number of amidine groups is 1. The molecule has 0 fully saturated rings. The van der Waals surface area contributed by atoms with E-state index in [-0.39, 0.29) is 11.8 Å². The Balaban J connectivity index is 2.54. The van der Waals surface area contributed by atoms with Gasteiger partial charge in [-0.25, -0.2) is 4.99 Å². The molecule has 5 nitrogen and oxygen atoms in total. The lowest BCUT2D eigenvalue weighted by Gasteiger charge is -2.02. The van der Waals surface area contributed by atoms with E-state index in [1.807, 2.05) is 24.3 Å². The number of aryl methyl sites for hydroxylation is 1. The third-order valence-corrected chi connectivity index (χ3v) is 2.15. The molecule has 0 amide bonds. The lowest BCUT2D eigenvalue weighted by atomic mass is 10.1. The Hall–Kier alpha value is -2.04. The SMILES string of the molecule is N=C(N)CCc1ccc(CN=C(N)N)cc1. The van der Waals surface area contributed by atoms with Gasteiger partial charge in [0, 0.05) is 6.42 Å². The van der Waals surface area contributed by atoms with Crippen LogP contribution in [0.5, 0.6) is 0 Å². The van der Waals surface area contributed by atoms with Crippen LogP contribution < -0.4 is 17.2 Å². The molecule has 1 rings (SSSR count). The standard InChI is InChI=1S/C11H17N5/c12-10(13)6-5-8-1-3-9(4-2-8)7-16-11(14)15/h1-4H,5-7H2,(H3,12,13)(H4,14,15,16). The monoisotopic (exact) mass is 219 g/mol. The Morgan fingerprint density at radius 2 is 1.62 bits per heavy atom. The summed E-state index contributed by atoms with van der Waals surface area (Å²) in [7, 11) is 0. The summed E-state index contributed by atoms with van der Waals surface area (Å²) in [6, 6.07) is 7.95. The van der Waals surface area contributed by atoms with Gasteiger partial charge < -0.3 is 17.2 Å². The Labute approximate surface area is 94.9 Å². The van der Waals surface area contributed by atoms with Crippen molar-refractivity contribution >= 4 is 11.8 Å². The van der Waals surface area contributed by atoms with Crippen LogP contribution in [0.3, 0.4) is 0 Å². The number of hydrogen-bond donors (Lipinski definition) is 4. The minimum atomic E-state index is 0.0978. The fraction of sp³-hybridized carbons (Fsp3) is 0.273. The molecule has 1 aromatic carbocycles. The van der Waals surface area contributed by atoms with Crippen molar-refractivity contribution in [3.05, 3.63) is 35.4 Å². The zero-order valence-electron chi connectivity index (χ0n) is 9.11. The fourth-order valence-electron chi connectivity index (χ4n) is 1.27. The molecular formula is C11H17N5. The number of rotatable bonds is 5. The molecule has 7 N–H and O–H groups in total. The minimum absolute atomic E-state index is 0.0978. The molecule has 0 unspecified atom stereocenters. The molecule has 0 saturated carbocycles. The van der Waals surface area contributed by atoms with Crippen LogP contribution in [0.15, 0.2) is 29.3 Å². The molecule has 0 aliphatic heterocycles. The van der Waals surface area contributed by atoms with Crippen LogP contribution in [0.4, 0.5) is 0 Å². The van der Waals surface area contributed by atoms with Crippen molar-refractivity contribution < 1.29 is 0 Å². The summed E-state index contributed by atoms with van der Waals surface area (Å²) in [6.07, 6.45) is 1.38. The zero-order valence-corrected chi connectivity index (χ0v) is 9.11. The Morgan fingerprint density at radius 3 is 2.12 bits per heavy atom. The first-order chi connectivity index (χ1) is 7.58. The highest BCUT2D eigenvalue weighted by Gasteiger charge is 1.96. The number of aliphatic imine (C=N–C) groups is 1. The second kappa shape index (κ2) is 5.75. The van der Waals surface area contributed by atoms with Crippen molar-refractivity contribution in [2.45, 2.75) is 19.4 Å². The van der Waals surface area contributed by atoms with Gasteiger partial charge in [0.1, 0.15) is 0 Å². The maximum Gasteiger partial charge on any atom is 0.186 e. The molecule has 5 heteroatoms. The normalized spacial score (nSPS) is 9.75. The minimum Gasteiger partial charge on any atom is -0.388 e. The molecular weight excluding hydrogens is 202 g/mol. The molecule has 16 heavy (non-hydrogen) atoms. The van der Waals surface area contributed by atoms with Crippen LogP contribution in [-0.2, 0) is 13.0 Å². The van der Waals surface area contributed by atoms with Crippen LogP contribution in [0, 0.1) is 5.41 Å². The summed E-state index contributed by atoms with van der Waals surface area (Å²) in [6.45, 7) is 0.495. The number of hydrogen-bond acceptors (Lipinski definition) is 2. The largest absolute Gasteiger partial charge is 0.388 e. The van der Waals surface area contributed by atoms with E-state index >= 15 is 0 Å². The second-order valence-electron chi connectivity index (χ2n) is 3.58. The van der Waals surface area contributed by atoms with Gasteiger partial charge in [-0.15, -0.1) is 0 Å². The Morgan fingerprint density at radius 1 is 1.06 bits per heavy atom. The summed E-state index contributed by atoms with van der Waals surface area (Å²) < 4.78 is 0. The van der Waals surface area contributed by atoms with Gasteiger partial charge in [0.05, 0.1) is 12.4 Å². The third-order valence-electron chi connectivity index (χ3n) is 2.15. The van der Waals surface area contributed by atoms with E-state index in [2.05, 4.69) is 4.99 Å². The van der Waals surface area contributed by atoms with Gasteiger partial charge in [0.25, 0.3) is 0 Å². The number of nitrogens with one attached hydrogen (secondary N) is 1. The molecule has 0 aliphatic carbocycles. The maximum atomic E-state index is 7.13. The van der Waals surface area contributed by atoms with E-state index in [9.17, 15) is 0 Å². The first-order valence-corrected chi connectivity index (χ1v) is 5.04. The maximum absolute atomic E-state index is 7.13. The van der Waals surface area contributed by atoms with Crippen LogP contribution >= 0.6 is 0 Å². The topological polar surface area (TPSA) is 114 Å². The molecule has 0 bridgehead atoms. The lowest BCUT2D eigenvalue weighted by molar-refractivity contribution is 1.00. The molecule has 86 valence electrons. The molecule has 0 spiro atoms. The van der Waals surface area contributed by atoms with Gasteiger partial charge >= 0.3 is 0 Å². The number of nitrogens with zero attached hydrogens (tertiary/aromatic N) is 1. The molecule has 0 heterocycles. The van der Waals surface area contributed by atoms with Gasteiger partial charge in [-0.1, -0.05) is 24.3 Å². The van der Waals surface area contributed by atoms with E-state index in [0.717, 1.165) is 17.5 Å². The van der Waals surface area contributed by atoms with Gasteiger partial charge in [-0.05, 0) is 17.5 Å². The summed E-state index contributed by atoms with van der Waals surface area (Å²) >= 11 is 0. The molecule has 0 radical (unpaired) electrons. The van der Waals surface area contributed by atoms with E-state index in [1.165, 1.54) is 0 Å². The number of nitrogens with two attached hydrogens (primary N) is 3. The Bertz CT molecular complexity index is 376. The van der Waals surface area contributed by atoms with Gasteiger partial charge in [0.15, 0.2) is 5.96 Å². The smallest absolute Gasteiger partial charge is 0.186 e. The summed E-state index contributed by atoms with van der Waals surface area (Å²) in [4.78, 5) is 3.92. The summed E-state index contributed by atoms with van der Waals surface area (Å²) in [5.74, 6) is 0.310. The zero-order chi connectivity index (χ0) is 12.0. The van der Waals surface area contributed by atoms with E-state index in [1.54, 1.807) is 0 Å². The first kappa shape index (κ1) is 12.0. The van der Waals surface area contributed by atoms with Crippen LogP contribution in [0.1, 0.15) is 17.5 Å². The van der Waals surface area contributed by atoms with Crippen LogP contribution in [0.25, 0.3) is 0 Å². The number of guanidine groups is 1. The highest BCUT2D eigenvalue weighted by Crippen LogP contribution is 2.07. The quantitative estimate of drug-likeness (QED) is 0.422. The van der Waals surface area contributed by atoms with E-state index in [0.29, 0.717) is 13.0 Å². The molecule has 0 aromatic heterocycles. The predicted molar refractivity (Wildman–Crippen MR) is 66.2 cm³/mol. The highest BCUT2D eigenvalue weighted by atomic mass is 15.0. The second-order valence-corrected chi connectivity index (χ2v) is 3.58. The first-order valence-electron chi connectivity index (χ1n) is 5.04. The summed E-state index contributed by atoms with van der Waals surface area (Å²) in [5, 5.41) is 7.13. The molecule has 0 saturated heterocycles. The lowest BCUT2D eigenvalue weighted by Crippen LogP contribution is -2.22. The predicted octanol–water partition coefficient (Wildman–Crippen LogP) is 0.329. The van der Waals surface area contributed by atoms with Gasteiger partial charge in [-0.3, -0.25) is 5.41 Å². The molecule has 1 aromatic rings. The van der Waals surface area contributed by atoms with E-state index in [4.69, 9.17) is 22.6 Å². The van der Waals surface area contributed by atoms with Crippen molar-refractivity contribution in [2.24, 2.45) is 22.2 Å². The number of benzene rings is 1. The average Bonchev–Trinajstić information content (AvgIpc) is 2.25. The van der Waals surface area contributed by atoms with Crippen molar-refractivity contribution in [3.63, 3.8) is 0 Å². The van der Waals surface area contributed by atoms with Crippen LogP contribution in [0.2, 0.25) is 0 Å². The van der Waals surface area contributed by atoms with Crippen molar-refractivity contribution in [2.75, 3.05) is 0 Å². The summed E-state index contributed by atoms with van der Waals surface area (Å²) in [5.41, 5.74) is 18.0. The van der Waals surface area contributed by atoms with E-state index < -0.39 is 0 Å². The van der Waals surface area contributed by atoms with Gasteiger partial charge in [-0.2, -0.15) is 0 Å². The van der Waals surface area contributed by atoms with Crippen molar-refractivity contribution in [1.29, 1.82) is 5.41 Å². The van der Waals surface area contributed by atoms with Crippen LogP contribution in [-0.4, -0.2) is 11.8 Å². The molecule has 0 atom stereocenters. The average molecular weight is 219 g/mol. The molecule has 0 aliphatic rings. The third kappa shape index (κ3) is 4.45.